The number of imidazole rings is 1. The molecule has 0 bridgehead atoms. The zero-order chi connectivity index (χ0) is 29.7. The minimum atomic E-state index is -0.810. The fourth-order valence-corrected chi connectivity index (χ4v) is 5.41. The molecule has 1 unspecified atom stereocenters. The van der Waals surface area contributed by atoms with Crippen molar-refractivity contribution >= 4 is 17.5 Å². The largest absolute Gasteiger partial charge is 0.507 e. The number of primary amides is 1. The van der Waals surface area contributed by atoms with Gasteiger partial charge in [-0.1, -0.05) is 48.8 Å². The molecule has 2 heterocycles. The van der Waals surface area contributed by atoms with Gasteiger partial charge in [-0.2, -0.15) is 4.68 Å². The minimum Gasteiger partial charge on any atom is -0.507 e. The molecular formula is C30H38N6O5. The highest BCUT2D eigenvalue weighted by Gasteiger charge is 2.31. The Bertz CT molecular complexity index is 1550. The fraction of sp³-hybridized carbons (Fsp3) is 0.467. The molecule has 41 heavy (non-hydrogen) atoms. The van der Waals surface area contributed by atoms with Crippen LogP contribution in [0.5, 0.6) is 11.5 Å². The summed E-state index contributed by atoms with van der Waals surface area (Å²) in [5.41, 5.74) is 8.30. The van der Waals surface area contributed by atoms with Crippen LogP contribution in [0, 0.1) is 5.92 Å². The first kappa shape index (κ1) is 29.7. The van der Waals surface area contributed by atoms with Gasteiger partial charge in [0.15, 0.2) is 11.3 Å². The van der Waals surface area contributed by atoms with E-state index in [9.17, 15) is 19.5 Å². The number of aromatic nitrogens is 5. The van der Waals surface area contributed by atoms with Crippen LogP contribution in [0.2, 0.25) is 0 Å². The third-order valence-electron chi connectivity index (χ3n) is 7.59. The lowest BCUT2D eigenvalue weighted by molar-refractivity contribution is -0.134. The molecule has 11 heteroatoms. The van der Waals surface area contributed by atoms with E-state index in [0.717, 1.165) is 58.7 Å². The number of phenols is 1. The van der Waals surface area contributed by atoms with Gasteiger partial charge >= 0.3 is 11.7 Å². The van der Waals surface area contributed by atoms with Gasteiger partial charge < -0.3 is 15.6 Å². The Labute approximate surface area is 238 Å². The molecule has 218 valence electrons. The molecule has 1 aliphatic carbocycles. The number of nitrogens with two attached hydrogens (primary N) is 1. The van der Waals surface area contributed by atoms with Crippen molar-refractivity contribution in [1.82, 2.24) is 24.4 Å². The van der Waals surface area contributed by atoms with Gasteiger partial charge in [0.1, 0.15) is 17.8 Å². The Morgan fingerprint density at radius 3 is 2.73 bits per heavy atom. The van der Waals surface area contributed by atoms with Crippen molar-refractivity contribution in [2.45, 2.75) is 84.6 Å². The van der Waals surface area contributed by atoms with Crippen molar-refractivity contribution in [1.29, 1.82) is 0 Å². The number of aromatic hydroxyl groups is 1. The predicted molar refractivity (Wildman–Crippen MR) is 154 cm³/mol. The van der Waals surface area contributed by atoms with Crippen molar-refractivity contribution in [2.24, 2.45) is 11.7 Å². The maximum Gasteiger partial charge on any atom is 0.352 e. The molecule has 0 fully saturated rings. The molecule has 1 amide bonds. The lowest BCUT2D eigenvalue weighted by Gasteiger charge is -2.32. The summed E-state index contributed by atoms with van der Waals surface area (Å²) >= 11 is 0. The van der Waals surface area contributed by atoms with E-state index in [2.05, 4.69) is 41.8 Å². The second kappa shape index (κ2) is 12.9. The molecule has 0 radical (unpaired) electrons. The summed E-state index contributed by atoms with van der Waals surface area (Å²) in [4.78, 5) is 41.1. The highest BCUT2D eigenvalue weighted by Crippen LogP contribution is 2.47. The van der Waals surface area contributed by atoms with Crippen LogP contribution in [-0.2, 0) is 17.8 Å². The summed E-state index contributed by atoms with van der Waals surface area (Å²) in [5, 5.41) is 19.0. The van der Waals surface area contributed by atoms with Gasteiger partial charge in [0.25, 0.3) is 5.91 Å². The Hall–Kier alpha value is -4.28. The highest BCUT2D eigenvalue weighted by atomic mass is 16.5. The molecule has 2 aromatic heterocycles. The Kier molecular flexibility index (Phi) is 9.36. The molecule has 2 atom stereocenters. The molecule has 1 aliphatic rings. The smallest absolute Gasteiger partial charge is 0.352 e. The molecule has 0 aliphatic heterocycles. The summed E-state index contributed by atoms with van der Waals surface area (Å²) in [6.45, 7) is 10.5. The first-order valence-electron chi connectivity index (χ1n) is 14.1. The zero-order valence-corrected chi connectivity index (χ0v) is 23.9. The minimum absolute atomic E-state index is 0.00628. The number of allylic oxidation sites excluding steroid dienone is 3. The number of ether oxygens (including phenoxy) is 1. The predicted octanol–water partition coefficient (Wildman–Crippen LogP) is 4.23. The molecule has 0 spiro atoms. The number of amides is 1. The van der Waals surface area contributed by atoms with Gasteiger partial charge in [-0.15, -0.1) is 5.10 Å². The molecule has 4 rings (SSSR count). The number of esters is 1. The number of carbonyl (C=O) groups excluding carboxylic acids is 2. The highest BCUT2D eigenvalue weighted by molar-refractivity contribution is 5.96. The summed E-state index contributed by atoms with van der Waals surface area (Å²) < 4.78 is 8.08. The second-order valence-electron chi connectivity index (χ2n) is 10.8. The van der Waals surface area contributed by atoms with Gasteiger partial charge in [0.2, 0.25) is 0 Å². The molecule has 3 aromatic rings. The summed E-state index contributed by atoms with van der Waals surface area (Å²) in [6, 6.07) is 3.66. The van der Waals surface area contributed by atoms with Crippen LogP contribution < -0.4 is 16.2 Å². The van der Waals surface area contributed by atoms with E-state index >= 15 is 0 Å². The van der Waals surface area contributed by atoms with E-state index in [1.54, 1.807) is 6.07 Å². The molecule has 0 saturated carbocycles. The van der Waals surface area contributed by atoms with Gasteiger partial charge in [0.05, 0.1) is 0 Å². The molecule has 0 saturated heterocycles. The summed E-state index contributed by atoms with van der Waals surface area (Å²) in [6.07, 6.45) is 9.31. The van der Waals surface area contributed by atoms with Crippen LogP contribution in [0.15, 0.2) is 47.1 Å². The standard InChI is InChI=1S/C30H38N6O5/c1-5-6-7-9-20-15-23(37)26(22-14-19(4)11-12-21(22)18(2)3)24(16-20)41-25(38)10-8-13-36-30(40)35-17-32-27(28(31)39)29(35)33-34-36/h14-17,21-22,37H,2,5-13H2,1,3-4H3,(H2,31,39)/t21-,22?/m0/s1. The van der Waals surface area contributed by atoms with Crippen molar-refractivity contribution in [3.63, 3.8) is 0 Å². The topological polar surface area (TPSA) is 155 Å². The van der Waals surface area contributed by atoms with Gasteiger partial charge in [-0.3, -0.25) is 9.59 Å². The zero-order valence-electron chi connectivity index (χ0n) is 23.9. The third kappa shape index (κ3) is 6.72. The van der Waals surface area contributed by atoms with Gasteiger partial charge in [-0.05, 0) is 69.6 Å². The SMILES string of the molecule is C=C(C)[C@@H]1CCC(C)=CC1c1c(O)cc(CCCCC)cc1OC(=O)CCCn1nnc2c(C(N)=O)ncn2c1=O. The normalized spacial score (nSPS) is 16.9. The van der Waals surface area contributed by atoms with Gasteiger partial charge in [-0.25, -0.2) is 14.2 Å². The number of phenolic OH excluding ortho intramolecular Hbond substituents is 1. The van der Waals surface area contributed by atoms with Crippen molar-refractivity contribution in [2.75, 3.05) is 0 Å². The first-order chi connectivity index (χ1) is 19.6. The Balaban J connectivity index is 1.54. The number of hydrogen-bond donors (Lipinski definition) is 2. The second-order valence-corrected chi connectivity index (χ2v) is 10.8. The van der Waals surface area contributed by atoms with Crippen molar-refractivity contribution in [3.8, 4) is 11.5 Å². The Morgan fingerprint density at radius 1 is 1.24 bits per heavy atom. The molecule has 3 N–H and O–H groups in total. The molecule has 11 nitrogen and oxygen atoms in total. The van der Waals surface area contributed by atoms with Crippen LogP contribution in [0.3, 0.4) is 0 Å². The number of rotatable bonds is 12. The van der Waals surface area contributed by atoms with Crippen LogP contribution >= 0.6 is 0 Å². The van der Waals surface area contributed by atoms with E-state index in [4.69, 9.17) is 10.5 Å². The quantitative estimate of drug-likeness (QED) is 0.144. The molecule has 1 aromatic carbocycles. The van der Waals surface area contributed by atoms with Crippen LogP contribution in [0.4, 0.5) is 0 Å². The van der Waals surface area contributed by atoms with Crippen LogP contribution in [0.25, 0.3) is 5.65 Å². The Morgan fingerprint density at radius 2 is 2.02 bits per heavy atom. The summed E-state index contributed by atoms with van der Waals surface area (Å²) in [5.74, 6) is -0.855. The van der Waals surface area contributed by atoms with E-state index in [1.807, 2.05) is 13.0 Å². The van der Waals surface area contributed by atoms with Crippen LogP contribution in [0.1, 0.15) is 93.3 Å². The number of nitrogens with zero attached hydrogens (tertiary/aromatic N) is 5. The number of benzene rings is 1. The average Bonchev–Trinajstić information content (AvgIpc) is 3.35. The lowest BCUT2D eigenvalue weighted by atomic mass is 9.73. The van der Waals surface area contributed by atoms with Gasteiger partial charge in [0, 0.05) is 24.4 Å². The fourth-order valence-electron chi connectivity index (χ4n) is 5.41. The number of carbonyl (C=O) groups is 2. The first-order valence-corrected chi connectivity index (χ1v) is 14.1. The van der Waals surface area contributed by atoms with Crippen molar-refractivity contribution < 1.29 is 19.4 Å². The number of aryl methyl sites for hydroxylation is 2. The third-order valence-corrected chi connectivity index (χ3v) is 7.59. The van der Waals surface area contributed by atoms with E-state index in [-0.39, 0.29) is 48.3 Å². The monoisotopic (exact) mass is 562 g/mol. The van der Waals surface area contributed by atoms with Crippen LogP contribution in [-0.4, -0.2) is 41.4 Å². The maximum absolute atomic E-state index is 13.0. The van der Waals surface area contributed by atoms with E-state index < -0.39 is 17.6 Å². The van der Waals surface area contributed by atoms with E-state index in [1.165, 1.54) is 11.9 Å². The maximum atomic E-state index is 13.0. The average molecular weight is 563 g/mol. The number of hydrogen-bond acceptors (Lipinski definition) is 8. The summed E-state index contributed by atoms with van der Waals surface area (Å²) in [7, 11) is 0. The van der Waals surface area contributed by atoms with Crippen molar-refractivity contribution in [3.05, 3.63) is 69.6 Å². The lowest BCUT2D eigenvalue weighted by Crippen LogP contribution is -2.30. The number of unbranched alkanes of at least 4 members (excludes halogenated alkanes) is 2. The molecular weight excluding hydrogens is 524 g/mol. The van der Waals surface area contributed by atoms with E-state index in [0.29, 0.717) is 11.3 Å². The number of fused-ring (bicyclic) bond motifs is 1.